The van der Waals surface area contributed by atoms with Gasteiger partial charge in [0.05, 0.1) is 12.7 Å². The summed E-state index contributed by atoms with van der Waals surface area (Å²) in [5.74, 6) is -0.179. The molecule has 1 N–H and O–H groups in total. The van der Waals surface area contributed by atoms with Crippen molar-refractivity contribution in [2.45, 2.75) is 32.1 Å². The largest absolute Gasteiger partial charge is 0.466 e. The fourth-order valence-corrected chi connectivity index (χ4v) is 2.45. The highest BCUT2D eigenvalue weighted by Crippen LogP contribution is 2.23. The Kier molecular flexibility index (Phi) is 5.01. The van der Waals surface area contributed by atoms with Gasteiger partial charge in [-0.1, -0.05) is 30.3 Å². The Labute approximate surface area is 114 Å². The minimum Gasteiger partial charge on any atom is -0.466 e. The molecule has 0 amide bonds. The number of carbonyl (C=O) groups is 1. The number of nitrogens with one attached hydrogen (secondary N) is 1. The van der Waals surface area contributed by atoms with Crippen molar-refractivity contribution in [1.82, 2.24) is 5.32 Å². The summed E-state index contributed by atoms with van der Waals surface area (Å²) in [7, 11) is 1.45. The van der Waals surface area contributed by atoms with E-state index in [0.29, 0.717) is 0 Å². The van der Waals surface area contributed by atoms with Crippen LogP contribution in [0, 0.1) is 0 Å². The molecule has 1 aromatic carbocycles. The van der Waals surface area contributed by atoms with Crippen molar-refractivity contribution in [1.29, 1.82) is 0 Å². The van der Waals surface area contributed by atoms with Crippen LogP contribution in [0.25, 0.3) is 0 Å². The van der Waals surface area contributed by atoms with Gasteiger partial charge in [-0.2, -0.15) is 0 Å². The molecule has 0 saturated heterocycles. The summed E-state index contributed by atoms with van der Waals surface area (Å²) in [6.07, 6.45) is 4.99. The number of allylic oxidation sites excluding steroid dienone is 1. The van der Waals surface area contributed by atoms with E-state index >= 15 is 0 Å². The van der Waals surface area contributed by atoms with E-state index in [1.165, 1.54) is 12.7 Å². The second-order valence-corrected chi connectivity index (χ2v) is 4.82. The third kappa shape index (κ3) is 3.85. The lowest BCUT2D eigenvalue weighted by Gasteiger charge is -2.20. The van der Waals surface area contributed by atoms with Gasteiger partial charge in [0.1, 0.15) is 0 Å². The van der Waals surface area contributed by atoms with Crippen LogP contribution in [0.1, 0.15) is 31.2 Å². The van der Waals surface area contributed by atoms with E-state index in [2.05, 4.69) is 29.6 Å². The lowest BCUT2D eigenvalue weighted by Crippen LogP contribution is -2.23. The molecule has 0 spiro atoms. The molecule has 1 aromatic rings. The summed E-state index contributed by atoms with van der Waals surface area (Å²) in [4.78, 5) is 11.7. The van der Waals surface area contributed by atoms with E-state index in [-0.39, 0.29) is 5.97 Å². The Balaban J connectivity index is 1.92. The quantitative estimate of drug-likeness (QED) is 0.826. The zero-order valence-corrected chi connectivity index (χ0v) is 11.4. The molecular weight excluding hydrogens is 238 g/mol. The number of carbonyl (C=O) groups excluding carboxylic acids is 1. The van der Waals surface area contributed by atoms with Crippen molar-refractivity contribution < 1.29 is 9.53 Å². The molecule has 0 aromatic heterocycles. The van der Waals surface area contributed by atoms with Crippen LogP contribution in [-0.4, -0.2) is 19.6 Å². The molecule has 3 heteroatoms. The second-order valence-electron chi connectivity index (χ2n) is 4.82. The van der Waals surface area contributed by atoms with Crippen molar-refractivity contribution in [2.24, 2.45) is 0 Å². The first kappa shape index (κ1) is 13.7. The minimum atomic E-state index is -0.179. The van der Waals surface area contributed by atoms with E-state index in [4.69, 9.17) is 4.74 Å². The first-order valence-electron chi connectivity index (χ1n) is 6.89. The van der Waals surface area contributed by atoms with Gasteiger partial charge in [0, 0.05) is 12.2 Å². The van der Waals surface area contributed by atoms with Crippen molar-refractivity contribution in [3.05, 3.63) is 47.2 Å². The Bertz CT molecular complexity index is 451. The van der Waals surface area contributed by atoms with E-state index in [1.807, 2.05) is 6.07 Å². The molecular formula is C16H21NO2. The van der Waals surface area contributed by atoms with Crippen LogP contribution < -0.4 is 5.32 Å². The van der Waals surface area contributed by atoms with Gasteiger partial charge in [0.25, 0.3) is 0 Å². The van der Waals surface area contributed by atoms with Crippen LogP contribution in [0.2, 0.25) is 0 Å². The Morgan fingerprint density at radius 1 is 1.21 bits per heavy atom. The molecule has 1 aliphatic carbocycles. The molecule has 0 radical (unpaired) electrons. The first-order valence-corrected chi connectivity index (χ1v) is 6.89. The zero-order chi connectivity index (χ0) is 13.5. The monoisotopic (exact) mass is 259 g/mol. The number of esters is 1. The summed E-state index contributed by atoms with van der Waals surface area (Å²) >= 11 is 0. The van der Waals surface area contributed by atoms with Crippen LogP contribution in [0.4, 0.5) is 0 Å². The molecule has 2 rings (SSSR count). The number of methoxy groups -OCH3 is 1. The predicted molar refractivity (Wildman–Crippen MR) is 75.7 cm³/mol. The van der Waals surface area contributed by atoms with Gasteiger partial charge in [0.15, 0.2) is 0 Å². The maximum atomic E-state index is 11.7. The molecule has 0 bridgehead atoms. The van der Waals surface area contributed by atoms with Gasteiger partial charge in [0.2, 0.25) is 0 Å². The van der Waals surface area contributed by atoms with E-state index in [0.717, 1.165) is 49.9 Å². The van der Waals surface area contributed by atoms with Crippen molar-refractivity contribution in [3.8, 4) is 0 Å². The lowest BCUT2D eigenvalue weighted by atomic mass is 9.96. The SMILES string of the molecule is COC(=O)C1=C(NCCc2ccccc2)CCCC1. The van der Waals surface area contributed by atoms with Crippen molar-refractivity contribution >= 4 is 5.97 Å². The van der Waals surface area contributed by atoms with Gasteiger partial charge in [-0.15, -0.1) is 0 Å². The van der Waals surface area contributed by atoms with Gasteiger partial charge in [-0.25, -0.2) is 4.79 Å². The Morgan fingerprint density at radius 2 is 1.95 bits per heavy atom. The third-order valence-corrected chi connectivity index (χ3v) is 3.49. The maximum Gasteiger partial charge on any atom is 0.335 e. The maximum absolute atomic E-state index is 11.7. The van der Waals surface area contributed by atoms with E-state index in [1.54, 1.807) is 0 Å². The van der Waals surface area contributed by atoms with Gasteiger partial charge in [-0.3, -0.25) is 0 Å². The number of ether oxygens (including phenoxy) is 1. The van der Waals surface area contributed by atoms with Gasteiger partial charge < -0.3 is 10.1 Å². The molecule has 1 aliphatic rings. The van der Waals surface area contributed by atoms with Gasteiger partial charge in [-0.05, 0) is 37.7 Å². The molecule has 0 fully saturated rings. The highest BCUT2D eigenvalue weighted by atomic mass is 16.5. The lowest BCUT2D eigenvalue weighted by molar-refractivity contribution is -0.136. The summed E-state index contributed by atoms with van der Waals surface area (Å²) in [6, 6.07) is 10.4. The fourth-order valence-electron chi connectivity index (χ4n) is 2.45. The smallest absolute Gasteiger partial charge is 0.335 e. The van der Waals surface area contributed by atoms with E-state index in [9.17, 15) is 4.79 Å². The summed E-state index contributed by atoms with van der Waals surface area (Å²) in [5.41, 5.74) is 3.22. The minimum absolute atomic E-state index is 0.179. The summed E-state index contributed by atoms with van der Waals surface area (Å²) in [6.45, 7) is 0.861. The number of hydrogen-bond acceptors (Lipinski definition) is 3. The normalized spacial score (nSPS) is 15.2. The van der Waals surface area contributed by atoms with Gasteiger partial charge >= 0.3 is 5.97 Å². The highest BCUT2D eigenvalue weighted by molar-refractivity contribution is 5.89. The van der Waals surface area contributed by atoms with Crippen molar-refractivity contribution in [3.63, 3.8) is 0 Å². The molecule has 0 heterocycles. The molecule has 0 saturated carbocycles. The molecule has 3 nitrogen and oxygen atoms in total. The third-order valence-electron chi connectivity index (χ3n) is 3.49. The zero-order valence-electron chi connectivity index (χ0n) is 11.4. The summed E-state index contributed by atoms with van der Waals surface area (Å²) in [5, 5.41) is 3.41. The molecule has 102 valence electrons. The fraction of sp³-hybridized carbons (Fsp3) is 0.438. The van der Waals surface area contributed by atoms with E-state index < -0.39 is 0 Å². The molecule has 0 atom stereocenters. The van der Waals surface area contributed by atoms with Crippen LogP contribution in [0.15, 0.2) is 41.6 Å². The Morgan fingerprint density at radius 3 is 2.68 bits per heavy atom. The number of benzene rings is 1. The predicted octanol–water partition coefficient (Wildman–Crippen LogP) is 2.82. The molecule has 19 heavy (non-hydrogen) atoms. The molecule has 0 aliphatic heterocycles. The standard InChI is InChI=1S/C16H21NO2/c1-19-16(18)14-9-5-6-10-15(14)17-12-11-13-7-3-2-4-8-13/h2-4,7-8,17H,5-6,9-12H2,1H3. The topological polar surface area (TPSA) is 38.3 Å². The molecule has 0 unspecified atom stereocenters. The average Bonchev–Trinajstić information content (AvgIpc) is 2.48. The Hall–Kier alpha value is -1.77. The van der Waals surface area contributed by atoms with Crippen LogP contribution in [0.5, 0.6) is 0 Å². The summed E-state index contributed by atoms with van der Waals surface area (Å²) < 4.78 is 4.85. The number of rotatable bonds is 5. The van der Waals surface area contributed by atoms with Crippen LogP contribution in [0.3, 0.4) is 0 Å². The van der Waals surface area contributed by atoms with Crippen LogP contribution >= 0.6 is 0 Å². The van der Waals surface area contributed by atoms with Crippen molar-refractivity contribution in [2.75, 3.05) is 13.7 Å². The highest BCUT2D eigenvalue weighted by Gasteiger charge is 2.19. The average molecular weight is 259 g/mol. The van der Waals surface area contributed by atoms with Crippen LogP contribution in [-0.2, 0) is 16.0 Å². The first-order chi connectivity index (χ1) is 9.31. The second kappa shape index (κ2) is 6.98. The number of hydrogen-bond donors (Lipinski definition) is 1.